The van der Waals surface area contributed by atoms with Crippen molar-refractivity contribution in [3.05, 3.63) is 47.1 Å². The minimum absolute atomic E-state index is 0.171. The van der Waals surface area contributed by atoms with Gasteiger partial charge in [0.05, 0.1) is 20.3 Å². The normalized spacial score (nSPS) is 18.1. The minimum atomic E-state index is -0.365. The summed E-state index contributed by atoms with van der Waals surface area (Å²) in [7, 11) is 1.57. The van der Waals surface area contributed by atoms with E-state index in [1.165, 1.54) is 12.5 Å². The van der Waals surface area contributed by atoms with E-state index in [9.17, 15) is 4.79 Å². The summed E-state index contributed by atoms with van der Waals surface area (Å²) in [5.41, 5.74) is 0.725. The molecule has 0 saturated carbocycles. The third-order valence-corrected chi connectivity index (χ3v) is 3.92. The van der Waals surface area contributed by atoms with Gasteiger partial charge in [-0.15, -0.1) is 0 Å². The topological polar surface area (TPSA) is 77.7 Å². The second-order valence-electron chi connectivity index (χ2n) is 5.13. The van der Waals surface area contributed by atoms with Crippen molar-refractivity contribution in [1.29, 1.82) is 0 Å². The Balaban J connectivity index is 1.79. The average molecular weight is 350 g/mol. The predicted octanol–water partition coefficient (Wildman–Crippen LogP) is 2.34. The molecule has 1 aliphatic heterocycles. The standard InChI is InChI=1S/C16H16ClN3O4/c1-22-14-4-3-12(17)8-11(14)2-5-15(21)20-6-7-23-9-13(20)16-18-10-24-19-16/h2-5,8,10,13H,6-7,9H2,1H3. The summed E-state index contributed by atoms with van der Waals surface area (Å²) in [4.78, 5) is 18.3. The Bertz CT molecular complexity index is 733. The van der Waals surface area contributed by atoms with Gasteiger partial charge in [0.2, 0.25) is 12.3 Å². The van der Waals surface area contributed by atoms with Crippen molar-refractivity contribution >= 4 is 23.6 Å². The molecule has 1 unspecified atom stereocenters. The zero-order chi connectivity index (χ0) is 16.9. The van der Waals surface area contributed by atoms with Crippen LogP contribution >= 0.6 is 11.6 Å². The minimum Gasteiger partial charge on any atom is -0.496 e. The summed E-state index contributed by atoms with van der Waals surface area (Å²) < 4.78 is 15.5. The zero-order valence-corrected chi connectivity index (χ0v) is 13.8. The summed E-state index contributed by atoms with van der Waals surface area (Å²) in [5, 5.41) is 4.38. The number of aromatic nitrogens is 2. The Kier molecular flexibility index (Phi) is 5.12. The molecule has 24 heavy (non-hydrogen) atoms. The van der Waals surface area contributed by atoms with E-state index in [2.05, 4.69) is 10.1 Å². The Labute approximate surface area is 143 Å². The van der Waals surface area contributed by atoms with Gasteiger partial charge in [0.25, 0.3) is 0 Å². The number of methoxy groups -OCH3 is 1. The SMILES string of the molecule is COc1ccc(Cl)cc1C=CC(=O)N1CCOCC1c1ncon1. The van der Waals surface area contributed by atoms with E-state index in [-0.39, 0.29) is 11.9 Å². The number of morpholine rings is 1. The number of hydrogen-bond donors (Lipinski definition) is 0. The van der Waals surface area contributed by atoms with Crippen LogP contribution in [0.5, 0.6) is 5.75 Å². The maximum atomic E-state index is 12.6. The van der Waals surface area contributed by atoms with Crippen LogP contribution in [-0.4, -0.2) is 47.8 Å². The maximum Gasteiger partial charge on any atom is 0.247 e. The number of carbonyl (C=O) groups is 1. The van der Waals surface area contributed by atoms with Gasteiger partial charge in [-0.3, -0.25) is 4.79 Å². The Hall–Kier alpha value is -2.38. The zero-order valence-electron chi connectivity index (χ0n) is 13.0. The van der Waals surface area contributed by atoms with Crippen LogP contribution in [0.15, 0.2) is 35.2 Å². The second-order valence-corrected chi connectivity index (χ2v) is 5.57. The second kappa shape index (κ2) is 7.46. The number of benzene rings is 1. The monoisotopic (exact) mass is 349 g/mol. The summed E-state index contributed by atoms with van der Waals surface area (Å²) in [6.45, 7) is 1.25. The lowest BCUT2D eigenvalue weighted by molar-refractivity contribution is -0.135. The first-order chi connectivity index (χ1) is 11.7. The fourth-order valence-electron chi connectivity index (χ4n) is 2.50. The van der Waals surface area contributed by atoms with Gasteiger partial charge in [-0.1, -0.05) is 16.8 Å². The lowest BCUT2D eigenvalue weighted by Crippen LogP contribution is -2.43. The van der Waals surface area contributed by atoms with Crippen LogP contribution in [0.4, 0.5) is 0 Å². The molecule has 0 aliphatic carbocycles. The molecule has 8 heteroatoms. The predicted molar refractivity (Wildman–Crippen MR) is 86.6 cm³/mol. The quantitative estimate of drug-likeness (QED) is 0.788. The smallest absolute Gasteiger partial charge is 0.247 e. The first-order valence-corrected chi connectivity index (χ1v) is 7.73. The van der Waals surface area contributed by atoms with Crippen LogP contribution in [0.3, 0.4) is 0 Å². The molecular weight excluding hydrogens is 334 g/mol. The highest BCUT2D eigenvalue weighted by molar-refractivity contribution is 6.30. The molecule has 0 radical (unpaired) electrons. The van der Waals surface area contributed by atoms with Crippen LogP contribution in [0.2, 0.25) is 5.02 Å². The Morgan fingerprint density at radius 3 is 3.12 bits per heavy atom. The number of nitrogens with zero attached hydrogens (tertiary/aromatic N) is 3. The van der Waals surface area contributed by atoms with Crippen molar-refractivity contribution in [2.45, 2.75) is 6.04 Å². The lowest BCUT2D eigenvalue weighted by Gasteiger charge is -2.32. The third kappa shape index (κ3) is 3.58. The van der Waals surface area contributed by atoms with E-state index in [4.69, 9.17) is 25.6 Å². The molecule has 2 heterocycles. The largest absolute Gasteiger partial charge is 0.496 e. The van der Waals surface area contributed by atoms with Crippen molar-refractivity contribution in [3.8, 4) is 5.75 Å². The Morgan fingerprint density at radius 2 is 2.38 bits per heavy atom. The molecule has 1 aliphatic rings. The highest BCUT2D eigenvalue weighted by Crippen LogP contribution is 2.25. The molecule has 1 aromatic heterocycles. The van der Waals surface area contributed by atoms with Gasteiger partial charge in [0.1, 0.15) is 11.8 Å². The number of ether oxygens (including phenoxy) is 2. The van der Waals surface area contributed by atoms with Crippen molar-refractivity contribution in [2.75, 3.05) is 26.9 Å². The van der Waals surface area contributed by atoms with Crippen molar-refractivity contribution in [3.63, 3.8) is 0 Å². The molecule has 1 amide bonds. The summed E-state index contributed by atoms with van der Waals surface area (Å²) in [6.07, 6.45) is 4.39. The van der Waals surface area contributed by atoms with Crippen molar-refractivity contribution < 1.29 is 18.8 Å². The van der Waals surface area contributed by atoms with E-state index < -0.39 is 0 Å². The number of rotatable bonds is 4. The van der Waals surface area contributed by atoms with Gasteiger partial charge < -0.3 is 18.9 Å². The highest BCUT2D eigenvalue weighted by atomic mass is 35.5. The van der Waals surface area contributed by atoms with Gasteiger partial charge in [-0.2, -0.15) is 4.98 Å². The van der Waals surface area contributed by atoms with Gasteiger partial charge in [-0.25, -0.2) is 0 Å². The molecule has 7 nitrogen and oxygen atoms in total. The number of halogens is 1. The molecule has 2 aromatic rings. The molecule has 1 saturated heterocycles. The van der Waals surface area contributed by atoms with Crippen LogP contribution < -0.4 is 4.74 Å². The molecular formula is C16H16ClN3O4. The van der Waals surface area contributed by atoms with Crippen LogP contribution in [0.1, 0.15) is 17.4 Å². The van der Waals surface area contributed by atoms with Crippen LogP contribution in [0.25, 0.3) is 6.08 Å². The van der Waals surface area contributed by atoms with Crippen LogP contribution in [0, 0.1) is 0 Å². The summed E-state index contributed by atoms with van der Waals surface area (Å²) in [6, 6.07) is 4.85. The number of hydrogen-bond acceptors (Lipinski definition) is 6. The first-order valence-electron chi connectivity index (χ1n) is 7.35. The highest BCUT2D eigenvalue weighted by Gasteiger charge is 2.30. The fraction of sp³-hybridized carbons (Fsp3) is 0.312. The molecule has 1 atom stereocenters. The molecule has 1 fully saturated rings. The maximum absolute atomic E-state index is 12.6. The van der Waals surface area contributed by atoms with Crippen LogP contribution in [-0.2, 0) is 9.53 Å². The average Bonchev–Trinajstić information content (AvgIpc) is 3.14. The number of carbonyl (C=O) groups excluding carboxylic acids is 1. The molecule has 3 rings (SSSR count). The van der Waals surface area contributed by atoms with Gasteiger partial charge in [-0.05, 0) is 24.3 Å². The van der Waals surface area contributed by atoms with Crippen molar-refractivity contribution in [1.82, 2.24) is 15.0 Å². The van der Waals surface area contributed by atoms with Gasteiger partial charge >= 0.3 is 0 Å². The molecule has 1 aromatic carbocycles. The van der Waals surface area contributed by atoms with Gasteiger partial charge in [0, 0.05) is 23.2 Å². The Morgan fingerprint density at radius 1 is 1.50 bits per heavy atom. The lowest BCUT2D eigenvalue weighted by atomic mass is 10.1. The summed E-state index contributed by atoms with van der Waals surface area (Å²) >= 11 is 6.00. The van der Waals surface area contributed by atoms with Gasteiger partial charge in [0.15, 0.2) is 5.82 Å². The number of amides is 1. The van der Waals surface area contributed by atoms with E-state index >= 15 is 0 Å². The molecule has 0 spiro atoms. The summed E-state index contributed by atoms with van der Waals surface area (Å²) in [5.74, 6) is 0.895. The van der Waals surface area contributed by atoms with E-state index in [1.54, 1.807) is 36.3 Å². The third-order valence-electron chi connectivity index (χ3n) is 3.69. The molecule has 0 bridgehead atoms. The molecule has 126 valence electrons. The first kappa shape index (κ1) is 16.5. The van der Waals surface area contributed by atoms with E-state index in [0.29, 0.717) is 36.4 Å². The van der Waals surface area contributed by atoms with E-state index in [0.717, 1.165) is 5.56 Å². The fourth-order valence-corrected chi connectivity index (χ4v) is 2.68. The van der Waals surface area contributed by atoms with Crippen molar-refractivity contribution in [2.24, 2.45) is 0 Å². The molecule has 0 N–H and O–H groups in total. The van der Waals surface area contributed by atoms with E-state index in [1.807, 2.05) is 0 Å².